The number of halogens is 1. The lowest BCUT2D eigenvalue weighted by atomic mass is 9.86. The third-order valence-electron chi connectivity index (χ3n) is 7.55. The Hall–Kier alpha value is -3.01. The number of rotatable bonds is 6. The molecule has 1 saturated carbocycles. The molecule has 1 aliphatic carbocycles. The number of piperidine rings is 1. The van der Waals surface area contributed by atoms with E-state index < -0.39 is 0 Å². The molecular formula is C26H39ClN6O4. The molecule has 0 unspecified atom stereocenters. The van der Waals surface area contributed by atoms with E-state index in [2.05, 4.69) is 10.2 Å². The first-order valence-corrected chi connectivity index (χ1v) is 13.1. The molecule has 204 valence electrons. The van der Waals surface area contributed by atoms with Gasteiger partial charge in [0.05, 0.1) is 5.92 Å². The average Bonchev–Trinajstić information content (AvgIpc) is 2.92. The van der Waals surface area contributed by atoms with Gasteiger partial charge in [0.15, 0.2) is 6.61 Å². The van der Waals surface area contributed by atoms with Crippen LogP contribution in [0.3, 0.4) is 0 Å². The molecule has 3 amide bonds. The van der Waals surface area contributed by atoms with Crippen molar-refractivity contribution in [3.8, 4) is 0 Å². The number of anilines is 1. The number of carbonyl (C=O) groups excluding carboxylic acids is 3. The Morgan fingerprint density at radius 1 is 0.892 bits per heavy atom. The third-order valence-corrected chi connectivity index (χ3v) is 7.55. The van der Waals surface area contributed by atoms with Crippen molar-refractivity contribution in [2.75, 3.05) is 50.8 Å². The number of carbonyl (C=O) groups is 3. The maximum absolute atomic E-state index is 12.8. The summed E-state index contributed by atoms with van der Waals surface area (Å²) in [6.45, 7) is 4.08. The van der Waals surface area contributed by atoms with Gasteiger partial charge in [-0.05, 0) is 69.2 Å². The molecule has 3 fully saturated rings. The summed E-state index contributed by atoms with van der Waals surface area (Å²) >= 11 is 0. The van der Waals surface area contributed by atoms with Crippen LogP contribution in [-0.2, 0) is 14.3 Å². The van der Waals surface area contributed by atoms with Crippen LogP contribution in [0.1, 0.15) is 50.5 Å². The summed E-state index contributed by atoms with van der Waals surface area (Å²) in [6, 6.07) is 7.59. The highest BCUT2D eigenvalue weighted by Gasteiger charge is 2.30. The Morgan fingerprint density at radius 3 is 2.11 bits per heavy atom. The van der Waals surface area contributed by atoms with Crippen molar-refractivity contribution < 1.29 is 19.1 Å². The topological polar surface area (TPSA) is 132 Å². The summed E-state index contributed by atoms with van der Waals surface area (Å²) in [5.41, 5.74) is 7.28. The number of nitrogens with one attached hydrogen (secondary N) is 2. The van der Waals surface area contributed by atoms with Gasteiger partial charge in [-0.25, -0.2) is 4.79 Å². The number of ether oxygens (including phenoxy) is 1. The van der Waals surface area contributed by atoms with Crippen LogP contribution in [0.4, 0.5) is 10.5 Å². The van der Waals surface area contributed by atoms with Crippen molar-refractivity contribution in [1.82, 2.24) is 15.1 Å². The van der Waals surface area contributed by atoms with E-state index in [0.717, 1.165) is 64.0 Å². The molecule has 2 aliphatic heterocycles. The Bertz CT molecular complexity index is 937. The van der Waals surface area contributed by atoms with Crippen molar-refractivity contribution >= 4 is 41.8 Å². The number of nitrogens with zero attached hydrogens (tertiary/aromatic N) is 3. The first-order valence-electron chi connectivity index (χ1n) is 13.1. The minimum atomic E-state index is -0.294. The lowest BCUT2D eigenvalue weighted by molar-refractivity contribution is -0.156. The average molecular weight is 535 g/mol. The summed E-state index contributed by atoms with van der Waals surface area (Å²) in [5.74, 6) is -0.545. The maximum Gasteiger partial charge on any atom is 0.317 e. The Balaban J connectivity index is 0.00000380. The van der Waals surface area contributed by atoms with Gasteiger partial charge in [0, 0.05) is 56.6 Å². The molecular weight excluding hydrogens is 496 g/mol. The van der Waals surface area contributed by atoms with Crippen LogP contribution in [0.5, 0.6) is 0 Å². The number of amidine groups is 1. The van der Waals surface area contributed by atoms with Crippen LogP contribution in [0, 0.1) is 11.3 Å². The monoisotopic (exact) mass is 534 g/mol. The minimum absolute atomic E-state index is 0. The zero-order chi connectivity index (χ0) is 25.5. The maximum atomic E-state index is 12.8. The van der Waals surface area contributed by atoms with Gasteiger partial charge in [-0.3, -0.25) is 15.0 Å². The van der Waals surface area contributed by atoms with Gasteiger partial charge in [0.2, 0.25) is 0 Å². The predicted octanol–water partition coefficient (Wildman–Crippen LogP) is 2.34. The Labute approximate surface area is 224 Å². The second-order valence-corrected chi connectivity index (χ2v) is 9.98. The van der Waals surface area contributed by atoms with E-state index in [1.807, 2.05) is 29.2 Å². The number of nitrogens with two attached hydrogens (primary N) is 1. The van der Waals surface area contributed by atoms with Gasteiger partial charge >= 0.3 is 12.0 Å². The number of benzene rings is 1. The van der Waals surface area contributed by atoms with Crippen molar-refractivity contribution in [2.24, 2.45) is 11.7 Å². The molecule has 1 aromatic rings. The van der Waals surface area contributed by atoms with E-state index in [4.69, 9.17) is 15.9 Å². The van der Waals surface area contributed by atoms with Gasteiger partial charge in [-0.1, -0.05) is 0 Å². The number of hydrogen-bond donors (Lipinski definition) is 3. The van der Waals surface area contributed by atoms with Crippen LogP contribution in [0.2, 0.25) is 0 Å². The lowest BCUT2D eigenvalue weighted by Gasteiger charge is -2.37. The van der Waals surface area contributed by atoms with Crippen molar-refractivity contribution in [3.05, 3.63) is 29.8 Å². The summed E-state index contributed by atoms with van der Waals surface area (Å²) in [6.07, 6.45) is 5.96. The lowest BCUT2D eigenvalue weighted by Crippen LogP contribution is -2.54. The number of amides is 3. The SMILES string of the molecule is Cl.N=C(N)c1ccc(N2CCN(C(=O)NC3CCC(C(=O)OCC(=O)N4CCCCC4)CC3)CC2)cc1. The second-order valence-electron chi connectivity index (χ2n) is 9.98. The smallest absolute Gasteiger partial charge is 0.317 e. The van der Waals surface area contributed by atoms with Gasteiger partial charge in [0.1, 0.15) is 5.84 Å². The van der Waals surface area contributed by atoms with Gasteiger partial charge in [-0.2, -0.15) is 0 Å². The van der Waals surface area contributed by atoms with E-state index in [1.165, 1.54) is 0 Å². The van der Waals surface area contributed by atoms with Gasteiger partial charge < -0.3 is 30.5 Å². The van der Waals surface area contributed by atoms with Crippen LogP contribution >= 0.6 is 12.4 Å². The number of esters is 1. The molecule has 0 aromatic heterocycles. The molecule has 4 rings (SSSR count). The number of hydrogen-bond acceptors (Lipinski definition) is 6. The molecule has 2 saturated heterocycles. The van der Waals surface area contributed by atoms with E-state index in [0.29, 0.717) is 31.5 Å². The van der Waals surface area contributed by atoms with Crippen molar-refractivity contribution in [2.45, 2.75) is 51.0 Å². The first-order chi connectivity index (χ1) is 17.4. The van der Waals surface area contributed by atoms with Crippen molar-refractivity contribution in [3.63, 3.8) is 0 Å². The molecule has 0 radical (unpaired) electrons. The molecule has 3 aliphatic rings. The van der Waals surface area contributed by atoms with E-state index in [-0.39, 0.29) is 54.7 Å². The molecule has 10 nitrogen and oxygen atoms in total. The van der Waals surface area contributed by atoms with Gasteiger partial charge in [0.25, 0.3) is 5.91 Å². The van der Waals surface area contributed by atoms with Crippen LogP contribution in [0.15, 0.2) is 24.3 Å². The normalized spacial score (nSPS) is 22.0. The minimum Gasteiger partial charge on any atom is -0.455 e. The molecule has 0 atom stereocenters. The number of piperazine rings is 1. The fourth-order valence-electron chi connectivity index (χ4n) is 5.24. The third kappa shape index (κ3) is 7.74. The van der Waals surface area contributed by atoms with Crippen LogP contribution in [-0.4, -0.2) is 85.5 Å². The Kier molecular flexibility index (Phi) is 10.4. The summed E-state index contributed by atoms with van der Waals surface area (Å²) in [5, 5.41) is 10.6. The Morgan fingerprint density at radius 2 is 1.51 bits per heavy atom. The van der Waals surface area contributed by atoms with Crippen LogP contribution < -0.4 is 16.0 Å². The highest BCUT2D eigenvalue weighted by Crippen LogP contribution is 2.26. The molecule has 11 heteroatoms. The number of nitrogen functional groups attached to an aromatic ring is 1. The van der Waals surface area contributed by atoms with Crippen LogP contribution in [0.25, 0.3) is 0 Å². The standard InChI is InChI=1S/C26H38N6O4.ClH/c27-24(28)19-6-10-22(11-7-19)30-14-16-32(17-15-30)26(35)29-21-8-4-20(5-9-21)25(34)36-18-23(33)31-12-2-1-3-13-31;/h6-7,10-11,20-21H,1-5,8-9,12-18H2,(H3,27,28)(H,29,35);1H. The summed E-state index contributed by atoms with van der Waals surface area (Å²) in [7, 11) is 0. The summed E-state index contributed by atoms with van der Waals surface area (Å²) < 4.78 is 5.33. The highest BCUT2D eigenvalue weighted by molar-refractivity contribution is 5.95. The highest BCUT2D eigenvalue weighted by atomic mass is 35.5. The van der Waals surface area contributed by atoms with Crippen molar-refractivity contribution in [1.29, 1.82) is 5.41 Å². The van der Waals surface area contributed by atoms with E-state index in [1.54, 1.807) is 4.90 Å². The molecule has 2 heterocycles. The van der Waals surface area contributed by atoms with Gasteiger partial charge in [-0.15, -0.1) is 12.4 Å². The molecule has 0 spiro atoms. The first kappa shape index (κ1) is 28.6. The molecule has 37 heavy (non-hydrogen) atoms. The molecule has 4 N–H and O–H groups in total. The second kappa shape index (κ2) is 13.5. The largest absolute Gasteiger partial charge is 0.455 e. The number of urea groups is 1. The van der Waals surface area contributed by atoms with E-state index >= 15 is 0 Å². The predicted molar refractivity (Wildman–Crippen MR) is 144 cm³/mol. The summed E-state index contributed by atoms with van der Waals surface area (Å²) in [4.78, 5) is 43.3. The molecule has 0 bridgehead atoms. The number of likely N-dealkylation sites (tertiary alicyclic amines) is 1. The zero-order valence-electron chi connectivity index (χ0n) is 21.3. The zero-order valence-corrected chi connectivity index (χ0v) is 22.1. The quantitative estimate of drug-likeness (QED) is 0.291. The molecule has 1 aromatic carbocycles. The fraction of sp³-hybridized carbons (Fsp3) is 0.615. The van der Waals surface area contributed by atoms with E-state index in [9.17, 15) is 14.4 Å². The fourth-order valence-corrected chi connectivity index (χ4v) is 5.24.